The summed E-state index contributed by atoms with van der Waals surface area (Å²) in [6.07, 6.45) is 0.874. The zero-order valence-electron chi connectivity index (χ0n) is 12.6. The Morgan fingerprint density at radius 1 is 0.882 bits per heavy atom. The van der Waals surface area contributed by atoms with Gasteiger partial charge in [-0.05, 0) is 47.8 Å². The molecule has 0 atom stereocenters. The molecule has 1 aromatic rings. The van der Waals surface area contributed by atoms with Crippen LogP contribution in [0.5, 0.6) is 0 Å². The van der Waals surface area contributed by atoms with Crippen molar-refractivity contribution in [2.75, 3.05) is 0 Å². The predicted molar refractivity (Wildman–Crippen MR) is 77.6 cm³/mol. The maximum absolute atomic E-state index is 4.13. The second-order valence-corrected chi connectivity index (χ2v) is 7.09. The number of rotatable bonds is 1. The molecule has 0 saturated heterocycles. The van der Waals surface area contributed by atoms with E-state index in [0.29, 0.717) is 0 Å². The van der Waals surface area contributed by atoms with Crippen LogP contribution in [0.25, 0.3) is 0 Å². The molecule has 17 heavy (non-hydrogen) atoms. The van der Waals surface area contributed by atoms with E-state index in [4.69, 9.17) is 0 Å². The van der Waals surface area contributed by atoms with Crippen LogP contribution in [-0.2, 0) is 17.3 Å². The van der Waals surface area contributed by atoms with Gasteiger partial charge in [-0.25, -0.2) is 0 Å². The quantitative estimate of drug-likeness (QED) is 0.640. The number of hydrogen-bond acceptors (Lipinski definition) is 0. The fraction of sp³-hybridized carbons (Fsp3) is 0.588. The van der Waals surface area contributed by atoms with E-state index >= 15 is 0 Å². The molecular formula is C17H27. The average molecular weight is 231 g/mol. The van der Waals surface area contributed by atoms with Crippen LogP contribution in [0.3, 0.4) is 0 Å². The van der Waals surface area contributed by atoms with E-state index in [0.717, 1.165) is 6.42 Å². The Morgan fingerprint density at radius 3 is 1.47 bits per heavy atom. The lowest BCUT2D eigenvalue weighted by Gasteiger charge is -2.30. The van der Waals surface area contributed by atoms with Crippen molar-refractivity contribution in [3.05, 3.63) is 41.3 Å². The highest BCUT2D eigenvalue weighted by atomic mass is 14.3. The van der Waals surface area contributed by atoms with Gasteiger partial charge < -0.3 is 0 Å². The third-order valence-corrected chi connectivity index (χ3v) is 3.26. The first-order valence-corrected chi connectivity index (χ1v) is 6.51. The first-order valence-electron chi connectivity index (χ1n) is 6.51. The van der Waals surface area contributed by atoms with Crippen molar-refractivity contribution in [3.63, 3.8) is 0 Å². The second kappa shape index (κ2) is 4.48. The van der Waals surface area contributed by atoms with Crippen LogP contribution in [0.1, 0.15) is 63.8 Å². The van der Waals surface area contributed by atoms with E-state index in [1.165, 1.54) is 22.3 Å². The van der Waals surface area contributed by atoms with Crippen LogP contribution in [0, 0.1) is 13.8 Å². The van der Waals surface area contributed by atoms with Gasteiger partial charge in [0.25, 0.3) is 0 Å². The van der Waals surface area contributed by atoms with Crippen molar-refractivity contribution >= 4 is 0 Å². The van der Waals surface area contributed by atoms with E-state index < -0.39 is 0 Å². The van der Waals surface area contributed by atoms with Gasteiger partial charge in [-0.2, -0.15) is 0 Å². The number of benzene rings is 1. The van der Waals surface area contributed by atoms with Gasteiger partial charge in [-0.3, -0.25) is 0 Å². The summed E-state index contributed by atoms with van der Waals surface area (Å²) in [6.45, 7) is 20.0. The molecule has 1 radical (unpaired) electrons. The molecule has 0 amide bonds. The molecular weight excluding hydrogens is 204 g/mol. The zero-order chi connectivity index (χ0) is 13.4. The standard InChI is InChI=1S/C17H27/c1-9-13-14(16(3,4)5)10-12(2)11-15(13)17(6,7)8/h10-11H,1,9H2,2-8H3. The fourth-order valence-electron chi connectivity index (χ4n) is 2.42. The first kappa shape index (κ1) is 14.3. The normalized spacial score (nSPS) is 12.9. The Morgan fingerprint density at radius 2 is 1.24 bits per heavy atom. The summed E-state index contributed by atoms with van der Waals surface area (Å²) in [5.74, 6) is 0. The van der Waals surface area contributed by atoms with Crippen molar-refractivity contribution in [1.82, 2.24) is 0 Å². The summed E-state index contributed by atoms with van der Waals surface area (Å²) in [5, 5.41) is 0. The van der Waals surface area contributed by atoms with Gasteiger partial charge in [0.2, 0.25) is 0 Å². The molecule has 0 saturated carbocycles. The largest absolute Gasteiger partial charge is 0.0561 e. The molecule has 0 spiro atoms. The molecule has 95 valence electrons. The van der Waals surface area contributed by atoms with Gasteiger partial charge in [-0.1, -0.05) is 59.2 Å². The van der Waals surface area contributed by atoms with E-state index in [9.17, 15) is 0 Å². The lowest BCUT2D eigenvalue weighted by atomic mass is 9.75. The van der Waals surface area contributed by atoms with Gasteiger partial charge in [0.15, 0.2) is 0 Å². The minimum absolute atomic E-state index is 0.193. The minimum Gasteiger partial charge on any atom is -0.0561 e. The van der Waals surface area contributed by atoms with Gasteiger partial charge in [0.1, 0.15) is 0 Å². The molecule has 0 heteroatoms. The molecule has 1 rings (SSSR count). The van der Waals surface area contributed by atoms with Crippen molar-refractivity contribution in [3.8, 4) is 0 Å². The van der Waals surface area contributed by atoms with Crippen LogP contribution in [0.15, 0.2) is 12.1 Å². The van der Waals surface area contributed by atoms with Crippen molar-refractivity contribution < 1.29 is 0 Å². The van der Waals surface area contributed by atoms with Crippen molar-refractivity contribution in [2.24, 2.45) is 0 Å². The summed E-state index contributed by atoms with van der Waals surface area (Å²) in [6, 6.07) is 4.66. The molecule has 0 N–H and O–H groups in total. The number of hydrogen-bond donors (Lipinski definition) is 0. The Kier molecular flexibility index (Phi) is 3.76. The molecule has 0 fully saturated rings. The maximum Gasteiger partial charge on any atom is -0.0129 e. The molecule has 0 bridgehead atoms. The summed E-state index contributed by atoms with van der Waals surface area (Å²) in [7, 11) is 0. The van der Waals surface area contributed by atoms with Gasteiger partial charge in [0.05, 0.1) is 0 Å². The lowest BCUT2D eigenvalue weighted by Crippen LogP contribution is -2.21. The topological polar surface area (TPSA) is 0 Å². The van der Waals surface area contributed by atoms with Gasteiger partial charge in [0, 0.05) is 0 Å². The van der Waals surface area contributed by atoms with Crippen LogP contribution >= 0.6 is 0 Å². The molecule has 1 aromatic carbocycles. The maximum atomic E-state index is 4.13. The van der Waals surface area contributed by atoms with Crippen LogP contribution < -0.4 is 0 Å². The highest BCUT2D eigenvalue weighted by Gasteiger charge is 2.24. The van der Waals surface area contributed by atoms with Crippen LogP contribution in [0.4, 0.5) is 0 Å². The summed E-state index contributed by atoms with van der Waals surface area (Å²) in [4.78, 5) is 0. The highest BCUT2D eigenvalue weighted by molar-refractivity contribution is 5.45. The van der Waals surface area contributed by atoms with E-state index in [1.807, 2.05) is 0 Å². The third-order valence-electron chi connectivity index (χ3n) is 3.26. The van der Waals surface area contributed by atoms with Crippen molar-refractivity contribution in [1.29, 1.82) is 0 Å². The van der Waals surface area contributed by atoms with Gasteiger partial charge in [-0.15, -0.1) is 0 Å². The first-order chi connectivity index (χ1) is 7.57. The second-order valence-electron chi connectivity index (χ2n) is 7.09. The Balaban J connectivity index is 3.58. The van der Waals surface area contributed by atoms with E-state index in [2.05, 4.69) is 67.5 Å². The fourth-order valence-corrected chi connectivity index (χ4v) is 2.42. The summed E-state index contributed by atoms with van der Waals surface area (Å²) in [5.41, 5.74) is 6.10. The van der Waals surface area contributed by atoms with Crippen molar-refractivity contribution in [2.45, 2.75) is 65.7 Å². The Hall–Kier alpha value is -0.780. The van der Waals surface area contributed by atoms with Crippen LogP contribution in [0.2, 0.25) is 0 Å². The number of aryl methyl sites for hydroxylation is 1. The van der Waals surface area contributed by atoms with Crippen LogP contribution in [-0.4, -0.2) is 0 Å². The SMILES string of the molecule is [CH2]Cc1c(C(C)(C)C)cc(C)cc1C(C)(C)C. The third kappa shape index (κ3) is 3.12. The molecule has 0 unspecified atom stereocenters. The molecule has 0 aliphatic carbocycles. The molecule has 0 nitrogen and oxygen atoms in total. The highest BCUT2D eigenvalue weighted by Crippen LogP contribution is 2.35. The molecule has 0 heterocycles. The monoisotopic (exact) mass is 231 g/mol. The van der Waals surface area contributed by atoms with E-state index in [-0.39, 0.29) is 10.8 Å². The summed E-state index contributed by atoms with van der Waals surface area (Å²) >= 11 is 0. The molecule has 0 aliphatic rings. The van der Waals surface area contributed by atoms with Gasteiger partial charge >= 0.3 is 0 Å². The minimum atomic E-state index is 0.193. The lowest BCUT2D eigenvalue weighted by molar-refractivity contribution is 0.557. The molecule has 0 aliphatic heterocycles. The van der Waals surface area contributed by atoms with E-state index in [1.54, 1.807) is 0 Å². The zero-order valence-corrected chi connectivity index (χ0v) is 12.6. The smallest absolute Gasteiger partial charge is 0.0129 e. The Labute approximate surface area is 107 Å². The average Bonchev–Trinajstić information content (AvgIpc) is 2.13. The summed E-state index contributed by atoms with van der Waals surface area (Å²) < 4.78 is 0. The molecule has 0 aromatic heterocycles. The predicted octanol–water partition coefficient (Wildman–Crippen LogP) is 4.97. The Bertz CT molecular complexity index is 362.